The first-order valence-corrected chi connectivity index (χ1v) is 8.52. The molecule has 0 aliphatic rings. The van der Waals surface area contributed by atoms with E-state index in [4.69, 9.17) is 0 Å². The van der Waals surface area contributed by atoms with Crippen molar-refractivity contribution in [2.45, 2.75) is 18.5 Å². The molecule has 0 unspecified atom stereocenters. The van der Waals surface area contributed by atoms with E-state index < -0.39 is 9.84 Å². The van der Waals surface area contributed by atoms with E-state index in [1.165, 1.54) is 18.0 Å². The Morgan fingerprint density at radius 1 is 1.41 bits per heavy atom. The van der Waals surface area contributed by atoms with E-state index >= 15 is 0 Å². The average Bonchev–Trinajstić information content (AvgIpc) is 2.26. The standard InChI is InChI=1S/C11H18N2O2S2/c1-3-12-8-10-4-5-11(13-9-10)16-6-7-17(2,14)15/h4-5,9,12H,3,6-8H2,1-2H3. The number of sulfone groups is 1. The average molecular weight is 274 g/mol. The Morgan fingerprint density at radius 3 is 2.71 bits per heavy atom. The van der Waals surface area contributed by atoms with Gasteiger partial charge in [-0.15, -0.1) is 11.8 Å². The maximum atomic E-state index is 11.0. The predicted octanol–water partition coefficient (Wildman–Crippen LogP) is 1.33. The van der Waals surface area contributed by atoms with Crippen molar-refractivity contribution in [3.05, 3.63) is 23.9 Å². The zero-order valence-corrected chi connectivity index (χ0v) is 11.8. The number of thioether (sulfide) groups is 1. The molecular weight excluding hydrogens is 256 g/mol. The lowest BCUT2D eigenvalue weighted by Crippen LogP contribution is -2.11. The van der Waals surface area contributed by atoms with Gasteiger partial charge < -0.3 is 5.32 Å². The fourth-order valence-corrected chi connectivity index (χ4v) is 3.21. The molecule has 1 heterocycles. The largest absolute Gasteiger partial charge is 0.313 e. The van der Waals surface area contributed by atoms with Gasteiger partial charge in [-0.05, 0) is 18.2 Å². The lowest BCUT2D eigenvalue weighted by Gasteiger charge is -2.03. The van der Waals surface area contributed by atoms with Crippen molar-refractivity contribution in [3.8, 4) is 0 Å². The molecule has 1 rings (SSSR count). The van der Waals surface area contributed by atoms with Crippen molar-refractivity contribution < 1.29 is 8.42 Å². The Hall–Kier alpha value is -0.590. The number of nitrogens with one attached hydrogen (secondary N) is 1. The molecule has 1 aromatic rings. The van der Waals surface area contributed by atoms with Crippen molar-refractivity contribution in [1.82, 2.24) is 10.3 Å². The van der Waals surface area contributed by atoms with Crippen LogP contribution < -0.4 is 5.32 Å². The van der Waals surface area contributed by atoms with E-state index in [1.54, 1.807) is 0 Å². The van der Waals surface area contributed by atoms with E-state index in [0.717, 1.165) is 23.7 Å². The Labute approximate surface area is 107 Å². The summed E-state index contributed by atoms with van der Waals surface area (Å²) in [6.45, 7) is 3.81. The molecule has 0 saturated heterocycles. The summed E-state index contributed by atoms with van der Waals surface area (Å²) in [6, 6.07) is 3.94. The van der Waals surface area contributed by atoms with E-state index in [1.807, 2.05) is 18.3 Å². The smallest absolute Gasteiger partial charge is 0.148 e. The minimum absolute atomic E-state index is 0.193. The second-order valence-corrected chi connectivity index (χ2v) is 7.14. The molecule has 0 atom stereocenters. The van der Waals surface area contributed by atoms with Crippen LogP contribution in [0, 0.1) is 0 Å². The summed E-state index contributed by atoms with van der Waals surface area (Å²) in [4.78, 5) is 4.28. The molecule has 0 aliphatic carbocycles. The van der Waals surface area contributed by atoms with Gasteiger partial charge in [-0.1, -0.05) is 13.0 Å². The minimum Gasteiger partial charge on any atom is -0.313 e. The Balaban J connectivity index is 2.40. The molecule has 0 radical (unpaired) electrons. The molecule has 0 aromatic carbocycles. The number of hydrogen-bond acceptors (Lipinski definition) is 5. The van der Waals surface area contributed by atoms with Gasteiger partial charge in [0.05, 0.1) is 10.8 Å². The molecule has 4 nitrogen and oxygen atoms in total. The van der Waals surface area contributed by atoms with Crippen LogP contribution in [-0.4, -0.2) is 37.7 Å². The van der Waals surface area contributed by atoms with Crippen molar-refractivity contribution >= 4 is 21.6 Å². The molecule has 0 spiro atoms. The number of pyridine rings is 1. The van der Waals surface area contributed by atoms with Gasteiger partial charge in [0.2, 0.25) is 0 Å². The van der Waals surface area contributed by atoms with Gasteiger partial charge >= 0.3 is 0 Å². The summed E-state index contributed by atoms with van der Waals surface area (Å²) in [6.07, 6.45) is 3.08. The topological polar surface area (TPSA) is 59.1 Å². The SMILES string of the molecule is CCNCc1ccc(SCCS(C)(=O)=O)nc1. The third-order valence-corrected chi connectivity index (χ3v) is 4.23. The minimum atomic E-state index is -2.87. The van der Waals surface area contributed by atoms with Crippen LogP contribution in [0.5, 0.6) is 0 Å². The number of rotatable bonds is 7. The van der Waals surface area contributed by atoms with Crippen LogP contribution in [0.2, 0.25) is 0 Å². The first-order valence-electron chi connectivity index (χ1n) is 5.47. The van der Waals surface area contributed by atoms with Crippen LogP contribution in [0.3, 0.4) is 0 Å². The summed E-state index contributed by atoms with van der Waals surface area (Å²) in [5.74, 6) is 0.747. The van der Waals surface area contributed by atoms with Crippen LogP contribution in [0.4, 0.5) is 0 Å². The van der Waals surface area contributed by atoms with E-state index in [0.29, 0.717) is 5.75 Å². The highest BCUT2D eigenvalue weighted by Gasteiger charge is 2.03. The summed E-state index contributed by atoms with van der Waals surface area (Å²) < 4.78 is 21.9. The zero-order valence-electron chi connectivity index (χ0n) is 10.1. The first-order chi connectivity index (χ1) is 8.01. The predicted molar refractivity (Wildman–Crippen MR) is 72.1 cm³/mol. The molecular formula is C11H18N2O2S2. The molecule has 96 valence electrons. The molecule has 0 fully saturated rings. The van der Waals surface area contributed by atoms with Crippen molar-refractivity contribution in [2.24, 2.45) is 0 Å². The molecule has 0 aliphatic heterocycles. The lowest BCUT2D eigenvalue weighted by molar-refractivity contribution is 0.603. The second-order valence-electron chi connectivity index (χ2n) is 3.76. The maximum absolute atomic E-state index is 11.0. The van der Waals surface area contributed by atoms with E-state index in [-0.39, 0.29) is 5.75 Å². The fraction of sp³-hybridized carbons (Fsp3) is 0.545. The highest BCUT2D eigenvalue weighted by atomic mass is 32.2. The maximum Gasteiger partial charge on any atom is 0.148 e. The number of nitrogens with zero attached hydrogens (tertiary/aromatic N) is 1. The van der Waals surface area contributed by atoms with Crippen molar-refractivity contribution in [2.75, 3.05) is 24.3 Å². The summed E-state index contributed by atoms with van der Waals surface area (Å²) >= 11 is 1.47. The Morgan fingerprint density at radius 2 is 2.18 bits per heavy atom. The second kappa shape index (κ2) is 6.98. The summed E-state index contributed by atoms with van der Waals surface area (Å²) in [5.41, 5.74) is 1.14. The third kappa shape index (κ3) is 6.65. The van der Waals surface area contributed by atoms with Crippen molar-refractivity contribution in [1.29, 1.82) is 0 Å². The van der Waals surface area contributed by atoms with Gasteiger partial charge in [0.1, 0.15) is 9.84 Å². The van der Waals surface area contributed by atoms with Crippen LogP contribution in [0.1, 0.15) is 12.5 Å². The number of aromatic nitrogens is 1. The van der Waals surface area contributed by atoms with E-state index in [2.05, 4.69) is 17.2 Å². The van der Waals surface area contributed by atoms with Gasteiger partial charge in [-0.2, -0.15) is 0 Å². The van der Waals surface area contributed by atoms with Crippen molar-refractivity contribution in [3.63, 3.8) is 0 Å². The van der Waals surface area contributed by atoms with E-state index in [9.17, 15) is 8.42 Å². The van der Waals surface area contributed by atoms with Crippen LogP contribution in [0.25, 0.3) is 0 Å². The number of hydrogen-bond donors (Lipinski definition) is 1. The molecule has 0 amide bonds. The molecule has 1 aromatic heterocycles. The lowest BCUT2D eigenvalue weighted by atomic mass is 10.3. The molecule has 0 saturated carbocycles. The molecule has 17 heavy (non-hydrogen) atoms. The van der Waals surface area contributed by atoms with Gasteiger partial charge in [-0.3, -0.25) is 0 Å². The fourth-order valence-electron chi connectivity index (χ4n) is 1.17. The van der Waals surface area contributed by atoms with Crippen LogP contribution in [-0.2, 0) is 16.4 Å². The van der Waals surface area contributed by atoms with Gasteiger partial charge in [0, 0.05) is 24.8 Å². The molecule has 6 heteroatoms. The zero-order chi connectivity index (χ0) is 12.7. The van der Waals surface area contributed by atoms with Crippen LogP contribution in [0.15, 0.2) is 23.4 Å². The normalized spacial score (nSPS) is 11.6. The first kappa shape index (κ1) is 14.5. The van der Waals surface area contributed by atoms with Gasteiger partial charge in [-0.25, -0.2) is 13.4 Å². The highest BCUT2D eigenvalue weighted by molar-refractivity contribution is 8.00. The monoisotopic (exact) mass is 274 g/mol. The van der Waals surface area contributed by atoms with Gasteiger partial charge in [0.15, 0.2) is 0 Å². The summed E-state index contributed by atoms with van der Waals surface area (Å²) in [5, 5.41) is 4.09. The molecule has 0 bridgehead atoms. The Kier molecular flexibility index (Phi) is 5.94. The quantitative estimate of drug-likeness (QED) is 0.760. The molecule has 1 N–H and O–H groups in total. The Bertz CT molecular complexity index is 429. The van der Waals surface area contributed by atoms with Gasteiger partial charge in [0.25, 0.3) is 0 Å². The third-order valence-electron chi connectivity index (χ3n) is 2.08. The summed E-state index contributed by atoms with van der Waals surface area (Å²) in [7, 11) is -2.87. The van der Waals surface area contributed by atoms with Crippen LogP contribution >= 0.6 is 11.8 Å². The highest BCUT2D eigenvalue weighted by Crippen LogP contribution is 2.15.